The molecule has 2 heterocycles. The van der Waals surface area contributed by atoms with Crippen LogP contribution in [0.15, 0.2) is 0 Å². The zero-order valence-corrected chi connectivity index (χ0v) is 12.0. The Morgan fingerprint density at radius 3 is 2.21 bits per heavy atom. The molecule has 1 saturated carbocycles. The maximum Gasteiger partial charge on any atom is 0.220 e. The standard InChI is InChI=1S/C16H28N2O/c19-16(9-12-5-3-1-2-4-6-12)18-15-10-13-7-8-14(11-15)17-13/h12-15,17H,1-11H2,(H,18,19). The molecule has 3 aliphatic rings. The quantitative estimate of drug-likeness (QED) is 0.770. The van der Waals surface area contributed by atoms with Crippen LogP contribution in [0, 0.1) is 5.92 Å². The molecule has 0 aromatic heterocycles. The molecule has 108 valence electrons. The van der Waals surface area contributed by atoms with Crippen molar-refractivity contribution in [2.24, 2.45) is 5.92 Å². The lowest BCUT2D eigenvalue weighted by Crippen LogP contribution is -2.48. The molecule has 3 rings (SSSR count). The summed E-state index contributed by atoms with van der Waals surface area (Å²) in [5.41, 5.74) is 0. The van der Waals surface area contributed by atoms with Gasteiger partial charge in [0.2, 0.25) is 5.91 Å². The number of carbonyl (C=O) groups is 1. The van der Waals surface area contributed by atoms with Crippen LogP contribution in [0.4, 0.5) is 0 Å². The van der Waals surface area contributed by atoms with Gasteiger partial charge in [0.15, 0.2) is 0 Å². The summed E-state index contributed by atoms with van der Waals surface area (Å²) < 4.78 is 0. The van der Waals surface area contributed by atoms with Gasteiger partial charge in [-0.25, -0.2) is 0 Å². The average molecular weight is 264 g/mol. The number of amides is 1. The second-order valence-electron chi connectivity index (χ2n) is 6.94. The topological polar surface area (TPSA) is 41.1 Å². The second-order valence-corrected chi connectivity index (χ2v) is 6.94. The Labute approximate surface area is 116 Å². The molecule has 19 heavy (non-hydrogen) atoms. The van der Waals surface area contributed by atoms with Crippen LogP contribution in [-0.4, -0.2) is 24.0 Å². The number of carbonyl (C=O) groups excluding carboxylic acids is 1. The lowest BCUT2D eigenvalue weighted by molar-refractivity contribution is -0.123. The minimum absolute atomic E-state index is 0.318. The minimum Gasteiger partial charge on any atom is -0.353 e. The van der Waals surface area contributed by atoms with Gasteiger partial charge in [-0.2, -0.15) is 0 Å². The number of piperidine rings is 1. The molecule has 1 aliphatic carbocycles. The van der Waals surface area contributed by atoms with Crippen LogP contribution in [0.1, 0.15) is 70.6 Å². The molecule has 2 aliphatic heterocycles. The summed E-state index contributed by atoms with van der Waals surface area (Å²) in [4.78, 5) is 12.2. The molecular weight excluding hydrogens is 236 g/mol. The summed E-state index contributed by atoms with van der Waals surface area (Å²) in [5.74, 6) is 0.971. The molecule has 3 heteroatoms. The summed E-state index contributed by atoms with van der Waals surface area (Å²) in [5, 5.41) is 6.94. The van der Waals surface area contributed by atoms with Crippen molar-refractivity contribution >= 4 is 5.91 Å². The summed E-state index contributed by atoms with van der Waals surface area (Å²) in [6.07, 6.45) is 13.6. The molecule has 2 N–H and O–H groups in total. The highest BCUT2D eigenvalue weighted by atomic mass is 16.1. The molecule has 0 aromatic rings. The van der Waals surface area contributed by atoms with Crippen LogP contribution in [0.2, 0.25) is 0 Å². The lowest BCUT2D eigenvalue weighted by atomic mass is 9.95. The zero-order chi connectivity index (χ0) is 13.1. The fourth-order valence-corrected chi connectivity index (χ4v) is 4.29. The van der Waals surface area contributed by atoms with Crippen molar-refractivity contribution in [1.82, 2.24) is 10.6 Å². The van der Waals surface area contributed by atoms with Gasteiger partial charge in [0.25, 0.3) is 0 Å². The molecule has 0 aromatic carbocycles. The number of hydrogen-bond acceptors (Lipinski definition) is 2. The Balaban J connectivity index is 1.43. The summed E-state index contributed by atoms with van der Waals surface area (Å²) in [6, 6.07) is 1.78. The van der Waals surface area contributed by atoms with Crippen molar-refractivity contribution in [2.75, 3.05) is 0 Å². The van der Waals surface area contributed by atoms with Crippen molar-refractivity contribution in [2.45, 2.75) is 88.8 Å². The summed E-state index contributed by atoms with van der Waals surface area (Å²) in [7, 11) is 0. The molecule has 3 fully saturated rings. The van der Waals surface area contributed by atoms with Crippen LogP contribution in [-0.2, 0) is 4.79 Å². The Morgan fingerprint density at radius 2 is 1.58 bits per heavy atom. The van der Waals surface area contributed by atoms with Gasteiger partial charge in [0.1, 0.15) is 0 Å². The number of fused-ring (bicyclic) bond motifs is 2. The number of hydrogen-bond donors (Lipinski definition) is 2. The molecule has 3 nitrogen and oxygen atoms in total. The average Bonchev–Trinajstić information content (AvgIpc) is 2.60. The monoisotopic (exact) mass is 264 g/mol. The van der Waals surface area contributed by atoms with Gasteiger partial charge in [-0.15, -0.1) is 0 Å². The van der Waals surface area contributed by atoms with Gasteiger partial charge in [0, 0.05) is 24.5 Å². The highest BCUT2D eigenvalue weighted by Gasteiger charge is 2.34. The molecular formula is C16H28N2O. The van der Waals surface area contributed by atoms with Crippen molar-refractivity contribution in [3.63, 3.8) is 0 Å². The third-order valence-corrected chi connectivity index (χ3v) is 5.29. The molecule has 1 amide bonds. The van der Waals surface area contributed by atoms with Gasteiger partial charge in [-0.05, 0) is 44.4 Å². The van der Waals surface area contributed by atoms with E-state index < -0.39 is 0 Å². The Kier molecular flexibility index (Phi) is 4.42. The summed E-state index contributed by atoms with van der Waals surface area (Å²) >= 11 is 0. The number of nitrogens with one attached hydrogen (secondary N) is 2. The smallest absolute Gasteiger partial charge is 0.220 e. The van der Waals surface area contributed by atoms with Crippen molar-refractivity contribution < 1.29 is 4.79 Å². The Morgan fingerprint density at radius 1 is 0.947 bits per heavy atom. The van der Waals surface area contributed by atoms with Crippen LogP contribution in [0.5, 0.6) is 0 Å². The Hall–Kier alpha value is -0.570. The highest BCUT2D eigenvalue weighted by Crippen LogP contribution is 2.28. The van der Waals surface area contributed by atoms with E-state index in [2.05, 4.69) is 10.6 Å². The fourth-order valence-electron chi connectivity index (χ4n) is 4.29. The maximum absolute atomic E-state index is 12.2. The van der Waals surface area contributed by atoms with Gasteiger partial charge in [0.05, 0.1) is 0 Å². The molecule has 0 spiro atoms. The van der Waals surface area contributed by atoms with E-state index in [1.54, 1.807) is 0 Å². The normalized spacial score (nSPS) is 35.9. The zero-order valence-electron chi connectivity index (χ0n) is 12.0. The van der Waals surface area contributed by atoms with Gasteiger partial charge >= 0.3 is 0 Å². The Bertz CT molecular complexity index is 298. The number of rotatable bonds is 3. The van der Waals surface area contributed by atoms with Gasteiger partial charge < -0.3 is 10.6 Å². The van der Waals surface area contributed by atoms with Crippen LogP contribution < -0.4 is 10.6 Å². The van der Waals surface area contributed by atoms with Gasteiger partial charge in [-0.3, -0.25) is 4.79 Å². The second kappa shape index (κ2) is 6.25. The molecule has 2 atom stereocenters. The third-order valence-electron chi connectivity index (χ3n) is 5.29. The minimum atomic E-state index is 0.318. The van der Waals surface area contributed by atoms with Crippen molar-refractivity contribution in [3.05, 3.63) is 0 Å². The van der Waals surface area contributed by atoms with Gasteiger partial charge in [-0.1, -0.05) is 25.7 Å². The predicted octanol–water partition coefficient (Wildman–Crippen LogP) is 2.75. The van der Waals surface area contributed by atoms with Crippen molar-refractivity contribution in [3.8, 4) is 0 Å². The van der Waals surface area contributed by atoms with Crippen molar-refractivity contribution in [1.29, 1.82) is 0 Å². The lowest BCUT2D eigenvalue weighted by Gasteiger charge is -2.30. The van der Waals surface area contributed by atoms with E-state index in [4.69, 9.17) is 0 Å². The third kappa shape index (κ3) is 3.71. The first-order chi connectivity index (χ1) is 9.29. The van der Waals surface area contributed by atoms with E-state index in [-0.39, 0.29) is 0 Å². The SMILES string of the molecule is O=C(CC1CCCCCC1)NC1CC2CCC(C1)N2. The van der Waals surface area contributed by atoms with E-state index in [0.717, 1.165) is 19.3 Å². The largest absolute Gasteiger partial charge is 0.353 e. The van der Waals surface area contributed by atoms with Crippen LogP contribution in [0.3, 0.4) is 0 Å². The van der Waals surface area contributed by atoms with E-state index in [0.29, 0.717) is 30.0 Å². The first-order valence-corrected chi connectivity index (χ1v) is 8.35. The fraction of sp³-hybridized carbons (Fsp3) is 0.938. The molecule has 2 saturated heterocycles. The molecule has 2 unspecified atom stereocenters. The van der Waals surface area contributed by atoms with Crippen LogP contribution >= 0.6 is 0 Å². The molecule has 0 radical (unpaired) electrons. The molecule has 2 bridgehead atoms. The van der Waals surface area contributed by atoms with E-state index >= 15 is 0 Å². The first-order valence-electron chi connectivity index (χ1n) is 8.35. The summed E-state index contributed by atoms with van der Waals surface area (Å²) in [6.45, 7) is 0. The predicted molar refractivity (Wildman–Crippen MR) is 76.9 cm³/mol. The van der Waals surface area contributed by atoms with Crippen LogP contribution in [0.25, 0.3) is 0 Å². The maximum atomic E-state index is 12.2. The van der Waals surface area contributed by atoms with E-state index in [9.17, 15) is 4.79 Å². The first kappa shape index (κ1) is 13.4. The van der Waals surface area contributed by atoms with E-state index in [1.165, 1.54) is 51.4 Å². The van der Waals surface area contributed by atoms with E-state index in [1.807, 2.05) is 0 Å². The highest BCUT2D eigenvalue weighted by molar-refractivity contribution is 5.76.